The Balaban J connectivity index is 1.15. The minimum Gasteiger partial charge on any atom is -0.298 e. The van der Waals surface area contributed by atoms with Crippen LogP contribution in [0, 0.1) is 0 Å². The molecule has 0 atom stereocenters. The van der Waals surface area contributed by atoms with Crippen LogP contribution in [0.3, 0.4) is 0 Å². The summed E-state index contributed by atoms with van der Waals surface area (Å²) >= 11 is 0. The molecule has 0 N–H and O–H groups in total. The van der Waals surface area contributed by atoms with Gasteiger partial charge in [-0.2, -0.15) is 0 Å². The van der Waals surface area contributed by atoms with Crippen molar-refractivity contribution in [3.63, 3.8) is 0 Å². The number of piperidine rings is 2. The fraction of sp³-hybridized carbons (Fsp3) is 1.00. The molecule has 168 valence electrons. The molecule has 0 saturated carbocycles. The SMILES string of the molecule is CC(C)N1CC(N2CCC(N3CCN(C4CCN(C(C)(C)C)CC4)CC3)CC2)C1. The average Bonchev–Trinajstić information content (AvgIpc) is 2.67. The van der Waals surface area contributed by atoms with Crippen molar-refractivity contribution in [1.82, 2.24) is 24.5 Å². The molecule has 5 heteroatoms. The van der Waals surface area contributed by atoms with Crippen LogP contribution in [0.15, 0.2) is 0 Å². The lowest BCUT2D eigenvalue weighted by Crippen LogP contribution is -2.63. The average molecular weight is 406 g/mol. The van der Waals surface area contributed by atoms with E-state index in [-0.39, 0.29) is 0 Å². The van der Waals surface area contributed by atoms with Crippen molar-refractivity contribution in [3.8, 4) is 0 Å². The Labute approximate surface area is 180 Å². The molecule has 0 bridgehead atoms. The Morgan fingerprint density at radius 2 is 1.00 bits per heavy atom. The molecule has 0 aromatic rings. The zero-order valence-corrected chi connectivity index (χ0v) is 19.9. The van der Waals surface area contributed by atoms with Crippen molar-refractivity contribution in [2.24, 2.45) is 0 Å². The first-order chi connectivity index (χ1) is 13.8. The lowest BCUT2D eigenvalue weighted by molar-refractivity contribution is -0.0205. The first-order valence-corrected chi connectivity index (χ1v) is 12.5. The first kappa shape index (κ1) is 22.0. The molecule has 4 aliphatic rings. The lowest BCUT2D eigenvalue weighted by Gasteiger charge is -2.51. The summed E-state index contributed by atoms with van der Waals surface area (Å²) in [6, 6.07) is 3.24. The maximum absolute atomic E-state index is 2.83. The summed E-state index contributed by atoms with van der Waals surface area (Å²) in [5, 5.41) is 0. The fourth-order valence-electron chi connectivity index (χ4n) is 6.13. The highest BCUT2D eigenvalue weighted by Gasteiger charge is 2.37. The van der Waals surface area contributed by atoms with Crippen LogP contribution < -0.4 is 0 Å². The summed E-state index contributed by atoms with van der Waals surface area (Å²) in [4.78, 5) is 13.7. The van der Waals surface area contributed by atoms with Crippen molar-refractivity contribution in [3.05, 3.63) is 0 Å². The van der Waals surface area contributed by atoms with E-state index in [2.05, 4.69) is 59.1 Å². The number of rotatable bonds is 4. The lowest BCUT2D eigenvalue weighted by atomic mass is 9.95. The molecule has 4 aliphatic heterocycles. The third-order valence-electron chi connectivity index (χ3n) is 8.43. The quantitative estimate of drug-likeness (QED) is 0.712. The van der Waals surface area contributed by atoms with Gasteiger partial charge in [0.25, 0.3) is 0 Å². The van der Waals surface area contributed by atoms with Crippen LogP contribution in [0.25, 0.3) is 0 Å². The van der Waals surface area contributed by atoms with Gasteiger partial charge in [-0.05, 0) is 60.3 Å². The maximum atomic E-state index is 2.83. The molecule has 0 spiro atoms. The van der Waals surface area contributed by atoms with Gasteiger partial charge in [0.2, 0.25) is 0 Å². The van der Waals surface area contributed by atoms with Crippen LogP contribution in [0.1, 0.15) is 60.3 Å². The van der Waals surface area contributed by atoms with Gasteiger partial charge in [-0.3, -0.25) is 24.5 Å². The molecular formula is C24H47N5. The maximum Gasteiger partial charge on any atom is 0.0350 e. The highest BCUT2D eigenvalue weighted by atomic mass is 15.3. The Morgan fingerprint density at radius 3 is 1.41 bits per heavy atom. The second kappa shape index (κ2) is 9.12. The monoisotopic (exact) mass is 405 g/mol. The molecule has 0 aromatic carbocycles. The second-order valence-electron chi connectivity index (χ2n) is 11.4. The van der Waals surface area contributed by atoms with Crippen LogP contribution in [0.4, 0.5) is 0 Å². The summed E-state index contributed by atoms with van der Waals surface area (Å²) < 4.78 is 0. The summed E-state index contributed by atoms with van der Waals surface area (Å²) in [6.07, 6.45) is 5.51. The largest absolute Gasteiger partial charge is 0.298 e. The third-order valence-corrected chi connectivity index (χ3v) is 8.43. The van der Waals surface area contributed by atoms with E-state index in [4.69, 9.17) is 0 Å². The summed E-state index contributed by atoms with van der Waals surface area (Å²) in [5.41, 5.74) is 0.338. The molecule has 4 rings (SSSR count). The van der Waals surface area contributed by atoms with Crippen molar-refractivity contribution in [2.75, 3.05) is 65.4 Å². The van der Waals surface area contributed by atoms with Crippen molar-refractivity contribution in [2.45, 2.75) is 90.0 Å². The summed E-state index contributed by atoms with van der Waals surface area (Å²) in [6.45, 7) is 24.8. The van der Waals surface area contributed by atoms with Gasteiger partial charge in [0, 0.05) is 95.2 Å². The molecule has 5 nitrogen and oxygen atoms in total. The van der Waals surface area contributed by atoms with E-state index in [1.807, 2.05) is 0 Å². The summed E-state index contributed by atoms with van der Waals surface area (Å²) in [7, 11) is 0. The third kappa shape index (κ3) is 5.17. The van der Waals surface area contributed by atoms with Gasteiger partial charge < -0.3 is 0 Å². The molecule has 0 radical (unpaired) electrons. The molecular weight excluding hydrogens is 358 g/mol. The van der Waals surface area contributed by atoms with Gasteiger partial charge in [0.15, 0.2) is 0 Å². The molecule has 0 unspecified atom stereocenters. The number of nitrogens with zero attached hydrogens (tertiary/aromatic N) is 5. The van der Waals surface area contributed by atoms with E-state index < -0.39 is 0 Å². The van der Waals surface area contributed by atoms with Crippen LogP contribution in [-0.4, -0.2) is 120 Å². The molecule has 4 heterocycles. The van der Waals surface area contributed by atoms with Gasteiger partial charge >= 0.3 is 0 Å². The Bertz CT molecular complexity index is 500. The van der Waals surface area contributed by atoms with Gasteiger partial charge in [-0.1, -0.05) is 0 Å². The number of hydrogen-bond donors (Lipinski definition) is 0. The Kier molecular flexibility index (Phi) is 6.92. The predicted molar refractivity (Wildman–Crippen MR) is 123 cm³/mol. The Morgan fingerprint density at radius 1 is 0.586 bits per heavy atom. The second-order valence-corrected chi connectivity index (χ2v) is 11.4. The minimum absolute atomic E-state index is 0.338. The standard InChI is InChI=1S/C24H47N5/c1-20(2)28-18-23(19-28)25-10-6-21(7-11-25)26-14-16-27(17-15-26)22-8-12-29(13-9-22)24(3,4)5/h20-23H,6-19H2,1-5H3. The van der Waals surface area contributed by atoms with Gasteiger partial charge in [-0.15, -0.1) is 0 Å². The van der Waals surface area contributed by atoms with E-state index in [0.29, 0.717) is 5.54 Å². The number of likely N-dealkylation sites (tertiary alicyclic amines) is 3. The zero-order valence-electron chi connectivity index (χ0n) is 19.9. The van der Waals surface area contributed by atoms with E-state index in [1.165, 1.54) is 91.1 Å². The predicted octanol–water partition coefficient (Wildman–Crippen LogP) is 2.42. The molecule has 4 saturated heterocycles. The highest BCUT2D eigenvalue weighted by molar-refractivity contribution is 4.94. The zero-order chi connectivity index (χ0) is 20.6. The van der Waals surface area contributed by atoms with Crippen LogP contribution in [-0.2, 0) is 0 Å². The molecule has 0 amide bonds. The topological polar surface area (TPSA) is 16.2 Å². The number of hydrogen-bond acceptors (Lipinski definition) is 5. The van der Waals surface area contributed by atoms with E-state index in [1.54, 1.807) is 0 Å². The number of piperazine rings is 1. The Hall–Kier alpha value is -0.200. The normalized spacial score (nSPS) is 29.6. The van der Waals surface area contributed by atoms with Gasteiger partial charge in [0.1, 0.15) is 0 Å². The minimum atomic E-state index is 0.338. The van der Waals surface area contributed by atoms with E-state index >= 15 is 0 Å². The summed E-state index contributed by atoms with van der Waals surface area (Å²) in [5.74, 6) is 0. The smallest absolute Gasteiger partial charge is 0.0350 e. The van der Waals surface area contributed by atoms with Crippen LogP contribution in [0.5, 0.6) is 0 Å². The van der Waals surface area contributed by atoms with Crippen molar-refractivity contribution in [1.29, 1.82) is 0 Å². The highest BCUT2D eigenvalue weighted by Crippen LogP contribution is 2.27. The fourth-order valence-corrected chi connectivity index (χ4v) is 6.13. The van der Waals surface area contributed by atoms with Crippen molar-refractivity contribution >= 4 is 0 Å². The van der Waals surface area contributed by atoms with Gasteiger partial charge in [-0.25, -0.2) is 0 Å². The van der Waals surface area contributed by atoms with E-state index in [9.17, 15) is 0 Å². The molecule has 4 fully saturated rings. The van der Waals surface area contributed by atoms with E-state index in [0.717, 1.165) is 24.2 Å². The van der Waals surface area contributed by atoms with Crippen LogP contribution >= 0.6 is 0 Å². The van der Waals surface area contributed by atoms with Gasteiger partial charge in [0.05, 0.1) is 0 Å². The molecule has 0 aromatic heterocycles. The van der Waals surface area contributed by atoms with Crippen LogP contribution in [0.2, 0.25) is 0 Å². The molecule has 29 heavy (non-hydrogen) atoms. The molecule has 0 aliphatic carbocycles. The first-order valence-electron chi connectivity index (χ1n) is 12.5. The van der Waals surface area contributed by atoms with Crippen molar-refractivity contribution < 1.29 is 0 Å².